The Kier molecular flexibility index (Phi) is 11.9. The van der Waals surface area contributed by atoms with E-state index in [0.29, 0.717) is 22.3 Å². The SMILES string of the molecule is CC(O)CN1CCC(Nc2cccc3c(CC(F)(F)F)c(C#CCNc4cc(F)c(NCCO)cc4OCC(F)(F)F)sc23)CC1. The third-order valence-corrected chi connectivity index (χ3v) is 8.32. The third-order valence-electron chi connectivity index (χ3n) is 7.12. The summed E-state index contributed by atoms with van der Waals surface area (Å²) in [7, 11) is 0. The summed E-state index contributed by atoms with van der Waals surface area (Å²) in [6.45, 7) is 1.60. The Balaban J connectivity index is 1.56. The summed E-state index contributed by atoms with van der Waals surface area (Å²) in [6, 6.07) is 7.15. The summed E-state index contributed by atoms with van der Waals surface area (Å²) in [6.07, 6.45) is -9.20. The quantitative estimate of drug-likeness (QED) is 0.115. The minimum absolute atomic E-state index is 0.0231. The van der Waals surface area contributed by atoms with Crippen molar-refractivity contribution in [2.24, 2.45) is 0 Å². The number of halogens is 7. The van der Waals surface area contributed by atoms with Crippen LogP contribution in [-0.4, -0.2) is 85.5 Å². The molecular weight excluding hydrogens is 641 g/mol. The third kappa shape index (κ3) is 10.3. The molecule has 0 radical (unpaired) electrons. The number of rotatable bonds is 12. The number of likely N-dealkylation sites (tertiary alicyclic amines) is 1. The van der Waals surface area contributed by atoms with Crippen molar-refractivity contribution in [2.75, 3.05) is 61.9 Å². The average Bonchev–Trinajstić information content (AvgIpc) is 3.31. The molecule has 2 heterocycles. The second-order valence-electron chi connectivity index (χ2n) is 11.0. The molecule has 5 N–H and O–H groups in total. The fraction of sp³-hybridized carbons (Fsp3) is 0.484. The van der Waals surface area contributed by atoms with Gasteiger partial charge in [0.2, 0.25) is 0 Å². The molecule has 3 aromatic rings. The topological polar surface area (TPSA) is 89.0 Å². The van der Waals surface area contributed by atoms with Crippen LogP contribution in [0.2, 0.25) is 0 Å². The van der Waals surface area contributed by atoms with E-state index in [1.165, 1.54) is 0 Å². The Bertz CT molecular complexity index is 1520. The van der Waals surface area contributed by atoms with Gasteiger partial charge in [-0.2, -0.15) is 26.3 Å². The monoisotopic (exact) mass is 676 g/mol. The fourth-order valence-electron chi connectivity index (χ4n) is 5.18. The number of piperidine rings is 1. The largest absolute Gasteiger partial charge is 0.482 e. The predicted octanol–water partition coefficient (Wildman–Crippen LogP) is 6.21. The lowest BCUT2D eigenvalue weighted by atomic mass is 10.0. The maximum absolute atomic E-state index is 14.6. The van der Waals surface area contributed by atoms with Crippen molar-refractivity contribution >= 4 is 38.5 Å². The first kappa shape index (κ1) is 35.4. The number of nitrogens with zero attached hydrogens (tertiary/aromatic N) is 1. The molecule has 0 bridgehead atoms. The number of fused-ring (bicyclic) bond motifs is 1. The molecule has 1 aliphatic rings. The first-order chi connectivity index (χ1) is 21.7. The molecule has 15 heteroatoms. The van der Waals surface area contributed by atoms with Crippen molar-refractivity contribution in [2.45, 2.75) is 50.7 Å². The Morgan fingerprint density at radius 2 is 1.78 bits per heavy atom. The van der Waals surface area contributed by atoms with E-state index < -0.39 is 37.3 Å². The predicted molar refractivity (Wildman–Crippen MR) is 165 cm³/mol. The van der Waals surface area contributed by atoms with Gasteiger partial charge in [0, 0.05) is 44.4 Å². The molecule has 4 rings (SSSR count). The summed E-state index contributed by atoms with van der Waals surface area (Å²) in [5.74, 6) is 4.34. The number of nitrogens with one attached hydrogen (secondary N) is 3. The van der Waals surface area contributed by atoms with Crippen LogP contribution in [0.4, 0.5) is 47.8 Å². The number of benzene rings is 2. The van der Waals surface area contributed by atoms with E-state index in [-0.39, 0.29) is 53.3 Å². The van der Waals surface area contributed by atoms with Crippen molar-refractivity contribution in [3.63, 3.8) is 0 Å². The number of alkyl halides is 6. The molecule has 46 heavy (non-hydrogen) atoms. The zero-order valence-electron chi connectivity index (χ0n) is 24.9. The molecule has 0 amide bonds. The van der Waals surface area contributed by atoms with Gasteiger partial charge in [0.15, 0.2) is 6.61 Å². The van der Waals surface area contributed by atoms with Crippen molar-refractivity contribution in [3.05, 3.63) is 46.6 Å². The lowest BCUT2D eigenvalue weighted by Crippen LogP contribution is -2.41. The standard InChI is InChI=1S/C31H35F7N4O3S/c1-19(44)17-42-11-7-20(8-12-42)41-24-5-2-4-21-22(16-30(33,34)35)28(46-29(21)24)6-3-9-39-26-14-23(32)25(40-10-13-43)15-27(26)45-18-31(36,37)38/h2,4-5,14-15,19-20,39-41,43-44H,7-13,16-18H2,1H3. The molecular formula is C31H35F7N4O3S. The molecule has 0 aliphatic carbocycles. The minimum Gasteiger partial charge on any atom is -0.482 e. The van der Waals surface area contributed by atoms with Crippen LogP contribution in [0.1, 0.15) is 30.2 Å². The number of ether oxygens (including phenoxy) is 1. The highest BCUT2D eigenvalue weighted by atomic mass is 32.1. The zero-order chi connectivity index (χ0) is 33.5. The molecule has 1 saturated heterocycles. The molecule has 1 atom stereocenters. The van der Waals surface area contributed by atoms with Gasteiger partial charge in [0.25, 0.3) is 0 Å². The lowest BCUT2D eigenvalue weighted by Gasteiger charge is -2.33. The number of aliphatic hydroxyl groups excluding tert-OH is 2. The molecule has 1 fully saturated rings. The van der Waals surface area contributed by atoms with Gasteiger partial charge < -0.3 is 35.8 Å². The Morgan fingerprint density at radius 1 is 1.04 bits per heavy atom. The van der Waals surface area contributed by atoms with Crippen molar-refractivity contribution in [1.82, 2.24) is 4.90 Å². The first-order valence-electron chi connectivity index (χ1n) is 14.6. The van der Waals surface area contributed by atoms with Gasteiger partial charge >= 0.3 is 12.4 Å². The molecule has 1 aliphatic heterocycles. The number of β-amino-alcohol motifs (C(OH)–C–C–N with tert-alkyl or cyclic N) is 1. The molecule has 1 aromatic heterocycles. The van der Waals surface area contributed by atoms with Crippen LogP contribution in [0.25, 0.3) is 10.1 Å². The molecule has 7 nitrogen and oxygen atoms in total. The summed E-state index contributed by atoms with van der Waals surface area (Å²) >= 11 is 1.12. The maximum Gasteiger partial charge on any atom is 0.422 e. The highest BCUT2D eigenvalue weighted by molar-refractivity contribution is 7.20. The van der Waals surface area contributed by atoms with Gasteiger partial charge in [-0.1, -0.05) is 24.0 Å². The summed E-state index contributed by atoms with van der Waals surface area (Å²) < 4.78 is 99.5. The van der Waals surface area contributed by atoms with Crippen LogP contribution in [-0.2, 0) is 6.42 Å². The van der Waals surface area contributed by atoms with Crippen LogP contribution in [0, 0.1) is 17.7 Å². The molecule has 2 aromatic carbocycles. The van der Waals surface area contributed by atoms with Crippen molar-refractivity contribution in [1.29, 1.82) is 0 Å². The summed E-state index contributed by atoms with van der Waals surface area (Å²) in [5, 5.41) is 27.8. The van der Waals surface area contributed by atoms with Gasteiger partial charge in [0.05, 0.1) is 52.3 Å². The van der Waals surface area contributed by atoms with Gasteiger partial charge in [0.1, 0.15) is 11.6 Å². The smallest absolute Gasteiger partial charge is 0.422 e. The maximum atomic E-state index is 14.6. The summed E-state index contributed by atoms with van der Waals surface area (Å²) in [5.41, 5.74) is 0.404. The van der Waals surface area contributed by atoms with Crippen molar-refractivity contribution < 1.29 is 45.7 Å². The van der Waals surface area contributed by atoms with Gasteiger partial charge in [-0.25, -0.2) is 4.39 Å². The Labute approximate surface area is 265 Å². The van der Waals surface area contributed by atoms with E-state index in [2.05, 4.69) is 32.7 Å². The van der Waals surface area contributed by atoms with E-state index in [1.807, 2.05) is 6.07 Å². The van der Waals surface area contributed by atoms with Gasteiger partial charge in [-0.3, -0.25) is 0 Å². The number of anilines is 3. The number of hydrogen-bond donors (Lipinski definition) is 5. The lowest BCUT2D eigenvalue weighted by molar-refractivity contribution is -0.153. The minimum atomic E-state index is -4.66. The van der Waals surface area contributed by atoms with Crippen molar-refractivity contribution in [3.8, 4) is 17.6 Å². The molecule has 0 saturated carbocycles. The summed E-state index contributed by atoms with van der Waals surface area (Å²) in [4.78, 5) is 2.36. The Morgan fingerprint density at radius 3 is 2.43 bits per heavy atom. The molecule has 252 valence electrons. The van der Waals surface area contributed by atoms with Crippen LogP contribution in [0.5, 0.6) is 5.75 Å². The van der Waals surface area contributed by atoms with Crippen LogP contribution < -0.4 is 20.7 Å². The second-order valence-corrected chi connectivity index (χ2v) is 12.0. The molecule has 0 spiro atoms. The van der Waals surface area contributed by atoms with Crippen LogP contribution in [0.3, 0.4) is 0 Å². The Hall–Kier alpha value is -3.45. The zero-order valence-corrected chi connectivity index (χ0v) is 25.7. The second kappa shape index (κ2) is 15.4. The average molecular weight is 677 g/mol. The van der Waals surface area contributed by atoms with Gasteiger partial charge in [-0.15, -0.1) is 11.3 Å². The number of aliphatic hydroxyl groups is 2. The van der Waals surface area contributed by atoms with Crippen LogP contribution >= 0.6 is 11.3 Å². The number of hydrogen-bond acceptors (Lipinski definition) is 8. The molecule has 1 unspecified atom stereocenters. The number of thiophene rings is 1. The highest BCUT2D eigenvalue weighted by Crippen LogP contribution is 2.39. The normalized spacial score (nSPS) is 15.3. The van der Waals surface area contributed by atoms with E-state index in [0.717, 1.165) is 49.4 Å². The first-order valence-corrected chi connectivity index (χ1v) is 15.4. The van der Waals surface area contributed by atoms with Gasteiger partial charge in [-0.05, 0) is 36.8 Å². The van der Waals surface area contributed by atoms with Crippen LogP contribution in [0.15, 0.2) is 30.3 Å². The van der Waals surface area contributed by atoms with E-state index >= 15 is 0 Å². The van der Waals surface area contributed by atoms with E-state index in [9.17, 15) is 35.8 Å². The fourth-order valence-corrected chi connectivity index (χ4v) is 6.35. The van der Waals surface area contributed by atoms with E-state index in [4.69, 9.17) is 9.84 Å². The highest BCUT2D eigenvalue weighted by Gasteiger charge is 2.32. The van der Waals surface area contributed by atoms with E-state index in [1.54, 1.807) is 19.1 Å².